The van der Waals surface area contributed by atoms with Crippen molar-refractivity contribution in [2.75, 3.05) is 33.4 Å². The fourth-order valence-electron chi connectivity index (χ4n) is 5.21. The predicted molar refractivity (Wildman–Crippen MR) is 112 cm³/mol. The largest absolute Gasteiger partial charge is 0.385 e. The van der Waals surface area contributed by atoms with E-state index in [2.05, 4.69) is 22.4 Å². The first-order valence-corrected chi connectivity index (χ1v) is 10.6. The minimum absolute atomic E-state index is 0.0266. The van der Waals surface area contributed by atoms with Crippen molar-refractivity contribution in [1.82, 2.24) is 15.2 Å². The molecule has 2 saturated heterocycles. The zero-order chi connectivity index (χ0) is 20.7. The molecule has 1 aromatic carbocycles. The number of carbonyl (C=O) groups excluding carboxylic acids is 2. The predicted octanol–water partition coefficient (Wildman–Crippen LogP) is 1.65. The molecule has 2 bridgehead atoms. The number of aromatic amines is 1. The number of benzene rings is 1. The van der Waals surface area contributed by atoms with Gasteiger partial charge in [0.1, 0.15) is 5.60 Å². The Morgan fingerprint density at radius 3 is 3.13 bits per heavy atom. The number of carbonyl (C=O) groups is 2. The van der Waals surface area contributed by atoms with Crippen LogP contribution in [0.1, 0.15) is 12.0 Å². The molecule has 7 heteroatoms. The number of nitrogens with zero attached hydrogens (tertiary/aromatic N) is 1. The molecule has 158 valence electrons. The van der Waals surface area contributed by atoms with Crippen molar-refractivity contribution in [1.29, 1.82) is 0 Å². The molecule has 0 saturated carbocycles. The van der Waals surface area contributed by atoms with Gasteiger partial charge in [-0.25, -0.2) is 0 Å². The number of fused-ring (bicyclic) bond motifs is 2. The highest BCUT2D eigenvalue weighted by Gasteiger charge is 2.66. The summed E-state index contributed by atoms with van der Waals surface area (Å²) in [5, 5.41) is 4.14. The van der Waals surface area contributed by atoms with Crippen molar-refractivity contribution in [3.05, 3.63) is 48.2 Å². The SMILES string of the molecule is COCCCNC(=O)C1C2C(=O)N(CCc3c[nH]c4ccccc34)CC23C=C[C@H]1O3. The summed E-state index contributed by atoms with van der Waals surface area (Å²) < 4.78 is 11.2. The number of hydrogen-bond donors (Lipinski definition) is 2. The first-order chi connectivity index (χ1) is 14.6. The summed E-state index contributed by atoms with van der Waals surface area (Å²) in [5.41, 5.74) is 1.64. The lowest BCUT2D eigenvalue weighted by Gasteiger charge is -2.23. The maximum Gasteiger partial charge on any atom is 0.230 e. The van der Waals surface area contributed by atoms with Gasteiger partial charge in [0.2, 0.25) is 11.8 Å². The van der Waals surface area contributed by atoms with Crippen LogP contribution in [0.3, 0.4) is 0 Å². The number of aromatic nitrogens is 1. The van der Waals surface area contributed by atoms with E-state index in [-0.39, 0.29) is 17.9 Å². The molecule has 4 heterocycles. The van der Waals surface area contributed by atoms with E-state index in [0.717, 1.165) is 18.4 Å². The summed E-state index contributed by atoms with van der Waals surface area (Å²) >= 11 is 0. The van der Waals surface area contributed by atoms with E-state index in [1.807, 2.05) is 35.4 Å². The van der Waals surface area contributed by atoms with Crippen molar-refractivity contribution in [3.63, 3.8) is 0 Å². The molecule has 3 aliphatic heterocycles. The second-order valence-electron chi connectivity index (χ2n) is 8.41. The van der Waals surface area contributed by atoms with E-state index >= 15 is 0 Å². The third-order valence-electron chi connectivity index (χ3n) is 6.63. The van der Waals surface area contributed by atoms with Crippen LogP contribution in [0.4, 0.5) is 0 Å². The lowest BCUT2D eigenvalue weighted by atomic mass is 9.77. The van der Waals surface area contributed by atoms with Gasteiger partial charge in [-0.2, -0.15) is 0 Å². The molecule has 1 spiro atoms. The third kappa shape index (κ3) is 3.04. The van der Waals surface area contributed by atoms with E-state index < -0.39 is 17.4 Å². The maximum absolute atomic E-state index is 13.3. The minimum Gasteiger partial charge on any atom is -0.385 e. The number of nitrogens with one attached hydrogen (secondary N) is 2. The molecule has 0 aliphatic carbocycles. The monoisotopic (exact) mass is 409 g/mol. The number of likely N-dealkylation sites (tertiary alicyclic amines) is 1. The Morgan fingerprint density at radius 1 is 1.40 bits per heavy atom. The lowest BCUT2D eigenvalue weighted by molar-refractivity contribution is -0.137. The molecule has 2 fully saturated rings. The first kappa shape index (κ1) is 19.3. The van der Waals surface area contributed by atoms with Crippen LogP contribution in [0, 0.1) is 11.8 Å². The molecule has 30 heavy (non-hydrogen) atoms. The van der Waals surface area contributed by atoms with Crippen LogP contribution in [-0.2, 0) is 25.5 Å². The normalized spacial score (nSPS) is 29.2. The topological polar surface area (TPSA) is 83.7 Å². The molecule has 2 N–H and O–H groups in total. The van der Waals surface area contributed by atoms with Gasteiger partial charge >= 0.3 is 0 Å². The van der Waals surface area contributed by atoms with Gasteiger partial charge in [-0.05, 0) is 24.5 Å². The van der Waals surface area contributed by atoms with Crippen molar-refractivity contribution in [2.45, 2.75) is 24.5 Å². The summed E-state index contributed by atoms with van der Waals surface area (Å²) in [6.07, 6.45) is 7.17. The molecule has 7 nitrogen and oxygen atoms in total. The summed E-state index contributed by atoms with van der Waals surface area (Å²) in [6.45, 7) is 2.26. The summed E-state index contributed by atoms with van der Waals surface area (Å²) in [5.74, 6) is -0.959. The third-order valence-corrected chi connectivity index (χ3v) is 6.63. The van der Waals surface area contributed by atoms with E-state index in [9.17, 15) is 9.59 Å². The molecule has 0 radical (unpaired) electrons. The number of H-pyrrole nitrogens is 1. The van der Waals surface area contributed by atoms with Crippen molar-refractivity contribution >= 4 is 22.7 Å². The number of rotatable bonds is 8. The van der Waals surface area contributed by atoms with Gasteiger partial charge in [0, 0.05) is 43.9 Å². The molecular weight excluding hydrogens is 382 g/mol. The molecule has 2 amide bonds. The van der Waals surface area contributed by atoms with Gasteiger partial charge < -0.3 is 24.7 Å². The number of hydrogen-bond acceptors (Lipinski definition) is 4. The molecular formula is C23H27N3O4. The Morgan fingerprint density at radius 2 is 2.27 bits per heavy atom. The second kappa shape index (κ2) is 7.56. The molecule has 5 rings (SSSR count). The zero-order valence-corrected chi connectivity index (χ0v) is 17.1. The Balaban J connectivity index is 1.27. The zero-order valence-electron chi connectivity index (χ0n) is 17.1. The molecule has 3 unspecified atom stereocenters. The highest BCUT2D eigenvalue weighted by atomic mass is 16.5. The second-order valence-corrected chi connectivity index (χ2v) is 8.41. The lowest BCUT2D eigenvalue weighted by Crippen LogP contribution is -2.44. The first-order valence-electron chi connectivity index (χ1n) is 10.6. The highest BCUT2D eigenvalue weighted by Crippen LogP contribution is 2.51. The van der Waals surface area contributed by atoms with E-state index in [1.54, 1.807) is 7.11 Å². The van der Waals surface area contributed by atoms with Gasteiger partial charge in [-0.15, -0.1) is 0 Å². The van der Waals surface area contributed by atoms with Gasteiger partial charge in [0.25, 0.3) is 0 Å². The number of ether oxygens (including phenoxy) is 2. The average Bonchev–Trinajstić information content (AvgIpc) is 3.49. The number of amides is 2. The summed E-state index contributed by atoms with van der Waals surface area (Å²) in [4.78, 5) is 31.3. The molecule has 1 aromatic heterocycles. The van der Waals surface area contributed by atoms with Crippen LogP contribution < -0.4 is 5.32 Å². The smallest absolute Gasteiger partial charge is 0.230 e. The van der Waals surface area contributed by atoms with E-state index in [1.165, 1.54) is 10.9 Å². The Bertz CT molecular complexity index is 999. The summed E-state index contributed by atoms with van der Waals surface area (Å²) in [6, 6.07) is 8.18. The highest BCUT2D eigenvalue weighted by molar-refractivity contribution is 5.93. The minimum atomic E-state index is -0.656. The number of para-hydroxylation sites is 1. The summed E-state index contributed by atoms with van der Waals surface area (Å²) in [7, 11) is 1.64. The Kier molecular flexibility index (Phi) is 4.87. The van der Waals surface area contributed by atoms with E-state index in [4.69, 9.17) is 9.47 Å². The fourth-order valence-corrected chi connectivity index (χ4v) is 5.21. The maximum atomic E-state index is 13.3. The molecule has 3 aliphatic rings. The van der Waals surface area contributed by atoms with Crippen molar-refractivity contribution in [3.8, 4) is 0 Å². The van der Waals surface area contributed by atoms with Crippen LogP contribution >= 0.6 is 0 Å². The Labute approximate surface area is 175 Å². The Hall–Kier alpha value is -2.64. The van der Waals surface area contributed by atoms with Gasteiger partial charge in [-0.1, -0.05) is 30.4 Å². The van der Waals surface area contributed by atoms with Gasteiger partial charge in [-0.3, -0.25) is 9.59 Å². The van der Waals surface area contributed by atoms with Crippen LogP contribution in [0.5, 0.6) is 0 Å². The molecule has 4 atom stereocenters. The average molecular weight is 409 g/mol. The van der Waals surface area contributed by atoms with E-state index in [0.29, 0.717) is 26.2 Å². The van der Waals surface area contributed by atoms with Crippen LogP contribution in [0.25, 0.3) is 10.9 Å². The van der Waals surface area contributed by atoms with Crippen molar-refractivity contribution in [2.24, 2.45) is 11.8 Å². The molecule has 2 aromatic rings. The van der Waals surface area contributed by atoms with Crippen LogP contribution in [0.2, 0.25) is 0 Å². The van der Waals surface area contributed by atoms with Gasteiger partial charge in [0.15, 0.2) is 0 Å². The van der Waals surface area contributed by atoms with Crippen LogP contribution in [0.15, 0.2) is 42.6 Å². The quantitative estimate of drug-likeness (QED) is 0.513. The fraction of sp³-hybridized carbons (Fsp3) is 0.478. The van der Waals surface area contributed by atoms with Crippen molar-refractivity contribution < 1.29 is 19.1 Å². The van der Waals surface area contributed by atoms with Gasteiger partial charge in [0.05, 0.1) is 24.5 Å². The number of methoxy groups -OCH3 is 1. The standard InChI is InChI=1S/C23H27N3O4/c1-29-12-4-10-24-21(27)19-18-7-9-23(30-18)14-26(22(28)20(19)23)11-8-15-13-25-17-6-3-2-5-16(15)17/h2-3,5-7,9,13,18-20,25H,4,8,10-12,14H2,1H3,(H,24,27)/t18-,19?,20?,23?/m1/s1. The van der Waals surface area contributed by atoms with Crippen LogP contribution in [-0.4, -0.2) is 66.8 Å².